The smallest absolute Gasteiger partial charge is 0.0198 e. The Kier molecular flexibility index (Phi) is 2.73. The van der Waals surface area contributed by atoms with Crippen molar-refractivity contribution in [1.29, 1.82) is 0 Å². The number of hydrogen-bond acceptors (Lipinski definition) is 2. The Bertz CT molecular complexity index is 225. The molecular formula is C13H24N2. The molecule has 0 aromatic rings. The number of nitrogens with one attached hydrogen (secondary N) is 1. The van der Waals surface area contributed by atoms with Crippen LogP contribution in [0.15, 0.2) is 0 Å². The van der Waals surface area contributed by atoms with E-state index in [0.717, 1.165) is 24.0 Å². The van der Waals surface area contributed by atoms with Gasteiger partial charge in [-0.15, -0.1) is 0 Å². The van der Waals surface area contributed by atoms with E-state index in [0.29, 0.717) is 0 Å². The molecule has 3 fully saturated rings. The molecule has 0 spiro atoms. The quantitative estimate of drug-likeness (QED) is 0.763. The summed E-state index contributed by atoms with van der Waals surface area (Å²) in [4.78, 5) is 2.76. The molecular weight excluding hydrogens is 184 g/mol. The minimum atomic E-state index is 0.805. The van der Waals surface area contributed by atoms with E-state index >= 15 is 0 Å². The van der Waals surface area contributed by atoms with E-state index in [-0.39, 0.29) is 0 Å². The van der Waals surface area contributed by atoms with Gasteiger partial charge in [0, 0.05) is 24.7 Å². The monoisotopic (exact) mass is 208 g/mol. The highest BCUT2D eigenvalue weighted by Crippen LogP contribution is 2.33. The van der Waals surface area contributed by atoms with Crippen LogP contribution in [0.2, 0.25) is 0 Å². The van der Waals surface area contributed by atoms with Gasteiger partial charge in [0.15, 0.2) is 0 Å². The van der Waals surface area contributed by atoms with Crippen molar-refractivity contribution in [3.05, 3.63) is 0 Å². The van der Waals surface area contributed by atoms with Gasteiger partial charge in [-0.05, 0) is 51.0 Å². The van der Waals surface area contributed by atoms with E-state index in [9.17, 15) is 0 Å². The van der Waals surface area contributed by atoms with E-state index in [1.54, 1.807) is 0 Å². The predicted molar refractivity (Wildman–Crippen MR) is 62.9 cm³/mol. The maximum atomic E-state index is 3.80. The van der Waals surface area contributed by atoms with Crippen LogP contribution in [0.4, 0.5) is 0 Å². The minimum absolute atomic E-state index is 0.805. The molecule has 0 aromatic heterocycles. The molecule has 86 valence electrons. The number of rotatable bonds is 3. The zero-order valence-electron chi connectivity index (χ0n) is 9.91. The molecule has 3 unspecified atom stereocenters. The standard InChI is InChI=1S/C13H24N2/c1-10-4-7-13(10)15-8-2-3-12(9-15)14-11-5-6-11/h10-14H,2-9H2,1H3. The maximum Gasteiger partial charge on any atom is 0.0198 e. The fourth-order valence-corrected chi connectivity index (χ4v) is 3.22. The normalized spacial score (nSPS) is 42.6. The van der Waals surface area contributed by atoms with Crippen molar-refractivity contribution in [2.45, 2.75) is 63.6 Å². The third-order valence-electron chi connectivity index (χ3n) is 4.55. The maximum absolute atomic E-state index is 3.80. The predicted octanol–water partition coefficient (Wildman–Crippen LogP) is 2.00. The molecule has 3 atom stereocenters. The zero-order chi connectivity index (χ0) is 10.3. The summed E-state index contributed by atoms with van der Waals surface area (Å²) in [6, 6.07) is 2.61. The average molecular weight is 208 g/mol. The largest absolute Gasteiger partial charge is 0.310 e. The molecule has 3 rings (SSSR count). The van der Waals surface area contributed by atoms with Gasteiger partial charge < -0.3 is 5.32 Å². The molecule has 1 aliphatic heterocycles. The highest BCUT2D eigenvalue weighted by molar-refractivity contribution is 4.93. The first-order chi connectivity index (χ1) is 7.33. The third-order valence-corrected chi connectivity index (χ3v) is 4.55. The summed E-state index contributed by atoms with van der Waals surface area (Å²) in [5, 5.41) is 3.80. The zero-order valence-corrected chi connectivity index (χ0v) is 9.91. The molecule has 2 nitrogen and oxygen atoms in total. The van der Waals surface area contributed by atoms with Crippen molar-refractivity contribution >= 4 is 0 Å². The molecule has 0 radical (unpaired) electrons. The first-order valence-electron chi connectivity index (χ1n) is 6.83. The van der Waals surface area contributed by atoms with Crippen LogP contribution in [0.5, 0.6) is 0 Å². The van der Waals surface area contributed by atoms with E-state index in [1.807, 2.05) is 0 Å². The van der Waals surface area contributed by atoms with Gasteiger partial charge in [-0.3, -0.25) is 4.90 Å². The Morgan fingerprint density at radius 3 is 2.47 bits per heavy atom. The Morgan fingerprint density at radius 1 is 1.00 bits per heavy atom. The van der Waals surface area contributed by atoms with Crippen LogP contribution >= 0.6 is 0 Å². The van der Waals surface area contributed by atoms with Crippen LogP contribution in [0.3, 0.4) is 0 Å². The van der Waals surface area contributed by atoms with Crippen LogP contribution in [0.25, 0.3) is 0 Å². The molecule has 2 saturated carbocycles. The van der Waals surface area contributed by atoms with Crippen molar-refractivity contribution < 1.29 is 0 Å². The lowest BCUT2D eigenvalue weighted by Gasteiger charge is -2.46. The molecule has 2 aliphatic carbocycles. The van der Waals surface area contributed by atoms with E-state index in [4.69, 9.17) is 0 Å². The van der Waals surface area contributed by atoms with Gasteiger partial charge >= 0.3 is 0 Å². The fraction of sp³-hybridized carbons (Fsp3) is 1.00. The summed E-state index contributed by atoms with van der Waals surface area (Å²) < 4.78 is 0. The van der Waals surface area contributed by atoms with Crippen LogP contribution in [0.1, 0.15) is 45.4 Å². The van der Waals surface area contributed by atoms with Crippen molar-refractivity contribution in [1.82, 2.24) is 10.2 Å². The lowest BCUT2D eigenvalue weighted by molar-refractivity contribution is 0.0440. The van der Waals surface area contributed by atoms with Gasteiger partial charge in [0.2, 0.25) is 0 Å². The van der Waals surface area contributed by atoms with Crippen LogP contribution in [-0.2, 0) is 0 Å². The third kappa shape index (κ3) is 2.21. The summed E-state index contributed by atoms with van der Waals surface area (Å²) in [5.41, 5.74) is 0. The lowest BCUT2D eigenvalue weighted by Crippen LogP contribution is -2.54. The van der Waals surface area contributed by atoms with Gasteiger partial charge in [0.05, 0.1) is 0 Å². The van der Waals surface area contributed by atoms with Gasteiger partial charge in [0.1, 0.15) is 0 Å². The van der Waals surface area contributed by atoms with E-state index in [1.165, 1.54) is 51.6 Å². The first-order valence-corrected chi connectivity index (χ1v) is 6.83. The number of hydrogen-bond donors (Lipinski definition) is 1. The molecule has 0 aromatic carbocycles. The van der Waals surface area contributed by atoms with Gasteiger partial charge in [0.25, 0.3) is 0 Å². The SMILES string of the molecule is CC1CCC1N1CCCC(NC2CC2)C1. The second kappa shape index (κ2) is 4.06. The van der Waals surface area contributed by atoms with Crippen LogP contribution in [-0.4, -0.2) is 36.1 Å². The Labute approximate surface area is 93.4 Å². The topological polar surface area (TPSA) is 15.3 Å². The van der Waals surface area contributed by atoms with E-state index < -0.39 is 0 Å². The van der Waals surface area contributed by atoms with Crippen molar-refractivity contribution in [3.8, 4) is 0 Å². The number of nitrogens with zero attached hydrogens (tertiary/aromatic N) is 1. The molecule has 1 heterocycles. The summed E-state index contributed by atoms with van der Waals surface area (Å²) in [6.07, 6.45) is 8.59. The summed E-state index contributed by atoms with van der Waals surface area (Å²) in [6.45, 7) is 5.11. The molecule has 0 bridgehead atoms. The fourth-order valence-electron chi connectivity index (χ4n) is 3.22. The molecule has 1 N–H and O–H groups in total. The molecule has 15 heavy (non-hydrogen) atoms. The highest BCUT2D eigenvalue weighted by Gasteiger charge is 2.35. The highest BCUT2D eigenvalue weighted by atomic mass is 15.2. The molecule has 3 aliphatic rings. The van der Waals surface area contributed by atoms with E-state index in [2.05, 4.69) is 17.1 Å². The van der Waals surface area contributed by atoms with Gasteiger partial charge in [-0.1, -0.05) is 6.92 Å². The van der Waals surface area contributed by atoms with Crippen molar-refractivity contribution in [3.63, 3.8) is 0 Å². The molecule has 0 amide bonds. The average Bonchev–Trinajstić information content (AvgIpc) is 3.00. The Balaban J connectivity index is 1.51. The van der Waals surface area contributed by atoms with Crippen molar-refractivity contribution in [2.75, 3.05) is 13.1 Å². The van der Waals surface area contributed by atoms with Crippen molar-refractivity contribution in [2.24, 2.45) is 5.92 Å². The second-order valence-corrected chi connectivity index (χ2v) is 5.90. The van der Waals surface area contributed by atoms with Gasteiger partial charge in [-0.2, -0.15) is 0 Å². The lowest BCUT2D eigenvalue weighted by atomic mass is 9.79. The van der Waals surface area contributed by atoms with Gasteiger partial charge in [-0.25, -0.2) is 0 Å². The number of likely N-dealkylation sites (tertiary alicyclic amines) is 1. The van der Waals surface area contributed by atoms with Crippen LogP contribution in [0, 0.1) is 5.92 Å². The van der Waals surface area contributed by atoms with Crippen LogP contribution < -0.4 is 5.32 Å². The second-order valence-electron chi connectivity index (χ2n) is 5.90. The summed E-state index contributed by atoms with van der Waals surface area (Å²) in [7, 11) is 0. The first kappa shape index (κ1) is 10.1. The molecule has 1 saturated heterocycles. The molecule has 2 heteroatoms. The Hall–Kier alpha value is -0.0800. The summed E-state index contributed by atoms with van der Waals surface area (Å²) in [5.74, 6) is 0.963. The Morgan fingerprint density at radius 2 is 1.87 bits per heavy atom. The minimum Gasteiger partial charge on any atom is -0.310 e. The summed E-state index contributed by atoms with van der Waals surface area (Å²) >= 11 is 0. The number of piperidine rings is 1.